The summed E-state index contributed by atoms with van der Waals surface area (Å²) in [6, 6.07) is 8.28. The largest absolute Gasteiger partial charge is 0.345 e. The molecule has 0 radical (unpaired) electrons. The molecule has 0 spiro atoms. The minimum Gasteiger partial charge on any atom is -0.345 e. The molecule has 6 nitrogen and oxygen atoms in total. The highest BCUT2D eigenvalue weighted by atomic mass is 32.2. The molecule has 7 heteroatoms. The Bertz CT molecular complexity index is 925. The zero-order chi connectivity index (χ0) is 18.3. The normalized spacial score (nSPS) is 22.1. The summed E-state index contributed by atoms with van der Waals surface area (Å²) >= 11 is 0. The van der Waals surface area contributed by atoms with Crippen molar-refractivity contribution in [2.45, 2.75) is 25.8 Å². The lowest BCUT2D eigenvalue weighted by Gasteiger charge is -2.27. The van der Waals surface area contributed by atoms with Crippen molar-refractivity contribution in [3.05, 3.63) is 59.3 Å². The number of carbonyl (C=O) groups is 1. The monoisotopic (exact) mass is 371 g/mol. The molecular formula is C19H21N3O3S. The summed E-state index contributed by atoms with van der Waals surface area (Å²) in [4.78, 5) is 14.5. The molecule has 136 valence electrons. The van der Waals surface area contributed by atoms with Crippen LogP contribution >= 0.6 is 0 Å². The number of hydrogen-bond acceptors (Lipinski definition) is 4. The SMILES string of the molecule is Cc1ccc(C(NC(=O)C2=CN3CCS(=O)(=O)N=C3C=C2)C2CC2)cc1. The van der Waals surface area contributed by atoms with E-state index in [1.807, 2.05) is 6.92 Å². The predicted octanol–water partition coefficient (Wildman–Crippen LogP) is 2.06. The fraction of sp³-hybridized carbons (Fsp3) is 0.368. The van der Waals surface area contributed by atoms with E-state index in [1.165, 1.54) is 5.56 Å². The van der Waals surface area contributed by atoms with Crippen molar-refractivity contribution in [3.63, 3.8) is 0 Å². The number of carbonyl (C=O) groups excluding carboxylic acids is 1. The van der Waals surface area contributed by atoms with Gasteiger partial charge >= 0.3 is 0 Å². The van der Waals surface area contributed by atoms with Gasteiger partial charge in [-0.1, -0.05) is 29.8 Å². The number of nitrogens with zero attached hydrogens (tertiary/aromatic N) is 2. The van der Waals surface area contributed by atoms with Crippen molar-refractivity contribution in [2.24, 2.45) is 10.3 Å². The van der Waals surface area contributed by atoms with Crippen LogP contribution in [0.25, 0.3) is 0 Å². The summed E-state index contributed by atoms with van der Waals surface area (Å²) in [6.07, 6.45) is 7.14. The van der Waals surface area contributed by atoms with Gasteiger partial charge in [0.1, 0.15) is 5.84 Å². The molecule has 1 atom stereocenters. The quantitative estimate of drug-likeness (QED) is 0.879. The molecule has 1 amide bonds. The van der Waals surface area contributed by atoms with Gasteiger partial charge in [0.25, 0.3) is 15.9 Å². The van der Waals surface area contributed by atoms with E-state index in [2.05, 4.69) is 34.0 Å². The molecule has 0 saturated heterocycles. The third kappa shape index (κ3) is 3.58. The van der Waals surface area contributed by atoms with Crippen LogP contribution < -0.4 is 5.32 Å². The van der Waals surface area contributed by atoms with Crippen molar-refractivity contribution < 1.29 is 13.2 Å². The third-order valence-corrected chi connectivity index (χ3v) is 6.07. The van der Waals surface area contributed by atoms with E-state index >= 15 is 0 Å². The summed E-state index contributed by atoms with van der Waals surface area (Å²) in [5, 5.41) is 3.15. The molecular weight excluding hydrogens is 350 g/mol. The lowest BCUT2D eigenvalue weighted by Crippen LogP contribution is -2.38. The molecule has 1 N–H and O–H groups in total. The summed E-state index contributed by atoms with van der Waals surface area (Å²) in [5.41, 5.74) is 2.83. The number of amides is 1. The van der Waals surface area contributed by atoms with Gasteiger partial charge in [0.15, 0.2) is 0 Å². The van der Waals surface area contributed by atoms with Crippen LogP contribution in [-0.2, 0) is 14.8 Å². The number of benzene rings is 1. The van der Waals surface area contributed by atoms with Gasteiger partial charge in [-0.15, -0.1) is 4.40 Å². The molecule has 1 aliphatic carbocycles. The fourth-order valence-electron chi connectivity index (χ4n) is 3.24. The molecule has 2 aliphatic heterocycles. The van der Waals surface area contributed by atoms with Crippen LogP contribution in [0.4, 0.5) is 0 Å². The van der Waals surface area contributed by atoms with E-state index in [0.717, 1.165) is 18.4 Å². The zero-order valence-corrected chi connectivity index (χ0v) is 15.4. The van der Waals surface area contributed by atoms with E-state index in [9.17, 15) is 13.2 Å². The van der Waals surface area contributed by atoms with E-state index in [-0.39, 0.29) is 17.7 Å². The van der Waals surface area contributed by atoms with E-state index in [0.29, 0.717) is 23.9 Å². The van der Waals surface area contributed by atoms with E-state index in [4.69, 9.17) is 0 Å². The zero-order valence-electron chi connectivity index (χ0n) is 14.6. The third-order valence-electron chi connectivity index (χ3n) is 4.90. The molecule has 26 heavy (non-hydrogen) atoms. The summed E-state index contributed by atoms with van der Waals surface area (Å²) < 4.78 is 26.9. The van der Waals surface area contributed by atoms with Gasteiger partial charge in [-0.25, -0.2) is 8.42 Å². The topological polar surface area (TPSA) is 78.8 Å². The van der Waals surface area contributed by atoms with Crippen LogP contribution in [0.2, 0.25) is 0 Å². The van der Waals surface area contributed by atoms with Crippen molar-refractivity contribution in [3.8, 4) is 0 Å². The molecule has 1 aromatic carbocycles. The molecule has 2 heterocycles. The Kier molecular flexibility index (Phi) is 4.19. The Labute approximate surface area is 153 Å². The molecule has 4 rings (SSSR count). The van der Waals surface area contributed by atoms with Crippen molar-refractivity contribution >= 4 is 21.8 Å². The van der Waals surface area contributed by atoms with Crippen molar-refractivity contribution in [1.29, 1.82) is 0 Å². The Morgan fingerprint density at radius 1 is 1.23 bits per heavy atom. The second-order valence-corrected chi connectivity index (χ2v) is 8.80. The number of fused-ring (bicyclic) bond motifs is 1. The Hall–Kier alpha value is -2.41. The first-order chi connectivity index (χ1) is 12.4. The lowest BCUT2D eigenvalue weighted by molar-refractivity contribution is -0.118. The summed E-state index contributed by atoms with van der Waals surface area (Å²) in [5.74, 6) is 0.660. The number of nitrogens with one attached hydrogen (secondary N) is 1. The minimum absolute atomic E-state index is 0.00852. The van der Waals surface area contributed by atoms with Crippen molar-refractivity contribution in [1.82, 2.24) is 10.2 Å². The maximum atomic E-state index is 12.8. The second-order valence-electron chi connectivity index (χ2n) is 7.05. The highest BCUT2D eigenvalue weighted by molar-refractivity contribution is 7.90. The first-order valence-corrected chi connectivity index (χ1v) is 10.4. The lowest BCUT2D eigenvalue weighted by atomic mass is 10.0. The first-order valence-electron chi connectivity index (χ1n) is 8.78. The maximum Gasteiger partial charge on any atom is 0.256 e. The number of rotatable bonds is 4. The predicted molar refractivity (Wildman–Crippen MR) is 99.9 cm³/mol. The summed E-state index contributed by atoms with van der Waals surface area (Å²) in [7, 11) is -3.39. The fourth-order valence-corrected chi connectivity index (χ4v) is 4.21. The molecule has 1 aromatic rings. The first kappa shape index (κ1) is 17.0. The maximum absolute atomic E-state index is 12.8. The Morgan fingerprint density at radius 2 is 1.96 bits per heavy atom. The van der Waals surface area contributed by atoms with Crippen LogP contribution in [0.3, 0.4) is 0 Å². The molecule has 0 aromatic heterocycles. The van der Waals surface area contributed by atoms with Crippen LogP contribution in [0.15, 0.2) is 52.6 Å². The van der Waals surface area contributed by atoms with Crippen LogP contribution in [0.5, 0.6) is 0 Å². The van der Waals surface area contributed by atoms with Gasteiger partial charge in [-0.2, -0.15) is 0 Å². The van der Waals surface area contributed by atoms with E-state index < -0.39 is 10.0 Å². The van der Waals surface area contributed by atoms with Crippen LogP contribution in [0.1, 0.15) is 30.0 Å². The smallest absolute Gasteiger partial charge is 0.256 e. The number of hydrogen-bond donors (Lipinski definition) is 1. The Morgan fingerprint density at radius 3 is 2.65 bits per heavy atom. The van der Waals surface area contributed by atoms with Gasteiger partial charge in [-0.3, -0.25) is 4.79 Å². The van der Waals surface area contributed by atoms with Gasteiger partial charge in [-0.05, 0) is 43.4 Å². The van der Waals surface area contributed by atoms with Gasteiger partial charge in [0.2, 0.25) is 0 Å². The standard InChI is InChI=1S/C19H21N3O3S/c1-13-2-4-14(5-3-13)18(15-6-7-15)20-19(23)16-8-9-17-21-26(24,25)11-10-22(17)12-16/h2-5,8-9,12,15,18H,6-7,10-11H2,1H3,(H,20,23). The van der Waals surface area contributed by atoms with Gasteiger partial charge < -0.3 is 10.2 Å². The minimum atomic E-state index is -3.39. The van der Waals surface area contributed by atoms with Gasteiger partial charge in [0.05, 0.1) is 17.4 Å². The number of amidine groups is 1. The van der Waals surface area contributed by atoms with Crippen LogP contribution in [-0.4, -0.2) is 37.4 Å². The van der Waals surface area contributed by atoms with Crippen LogP contribution in [0, 0.1) is 12.8 Å². The Balaban J connectivity index is 1.52. The number of aryl methyl sites for hydroxylation is 1. The number of sulfonamides is 1. The second kappa shape index (κ2) is 6.39. The molecule has 1 fully saturated rings. The van der Waals surface area contributed by atoms with E-state index in [1.54, 1.807) is 23.3 Å². The average molecular weight is 371 g/mol. The molecule has 1 unspecified atom stereocenters. The summed E-state index contributed by atoms with van der Waals surface area (Å²) in [6.45, 7) is 2.36. The van der Waals surface area contributed by atoms with Crippen molar-refractivity contribution in [2.75, 3.05) is 12.3 Å². The molecule has 1 saturated carbocycles. The highest BCUT2D eigenvalue weighted by Gasteiger charge is 2.34. The molecule has 0 bridgehead atoms. The highest BCUT2D eigenvalue weighted by Crippen LogP contribution is 2.41. The van der Waals surface area contributed by atoms with Gasteiger partial charge in [0, 0.05) is 12.7 Å². The average Bonchev–Trinajstić information content (AvgIpc) is 3.44. The molecule has 3 aliphatic rings.